The van der Waals surface area contributed by atoms with Crippen LogP contribution in [0.1, 0.15) is 57.1 Å². The van der Waals surface area contributed by atoms with Crippen LogP contribution in [0.4, 0.5) is 17.1 Å². The number of likely N-dealkylation sites (N-methyl/N-ethyl adjacent to an activating group) is 1. The van der Waals surface area contributed by atoms with Gasteiger partial charge in [-0.3, -0.25) is 19.3 Å². The molecule has 1 fully saturated rings. The summed E-state index contributed by atoms with van der Waals surface area (Å²) in [6.07, 6.45) is 6.94. The largest absolute Gasteiger partial charge is 0.494 e. The number of nitrogens with one attached hydrogen (secondary N) is 1. The molecule has 46 heavy (non-hydrogen) atoms. The molecule has 0 radical (unpaired) electrons. The highest BCUT2D eigenvalue weighted by molar-refractivity contribution is 6.10. The van der Waals surface area contributed by atoms with Gasteiger partial charge in [0.1, 0.15) is 5.75 Å². The topological polar surface area (TPSA) is 143 Å². The maximum absolute atomic E-state index is 14.0. The zero-order valence-electron chi connectivity index (χ0n) is 26.9. The van der Waals surface area contributed by atoms with Crippen molar-refractivity contribution in [2.75, 3.05) is 49.8 Å². The number of carbonyl (C=O) groups excluding carboxylic acids is 3. The van der Waals surface area contributed by atoms with Crippen molar-refractivity contribution in [1.29, 1.82) is 0 Å². The third kappa shape index (κ3) is 6.29. The first-order chi connectivity index (χ1) is 22.1. The van der Waals surface area contributed by atoms with Crippen molar-refractivity contribution < 1.29 is 34.4 Å². The first kappa shape index (κ1) is 33.6. The van der Waals surface area contributed by atoms with Gasteiger partial charge in [-0.1, -0.05) is 19.1 Å². The van der Waals surface area contributed by atoms with Crippen molar-refractivity contribution in [3.8, 4) is 5.75 Å². The Morgan fingerprint density at radius 1 is 1.15 bits per heavy atom. The molecular formula is C35H46N4O7. The van der Waals surface area contributed by atoms with E-state index < -0.39 is 23.5 Å². The number of hydrogen-bond donors (Lipinski definition) is 4. The lowest BCUT2D eigenvalue weighted by atomic mass is 9.82. The number of likely N-dealkylation sites (tertiary alicyclic amines) is 1. The van der Waals surface area contributed by atoms with Crippen LogP contribution in [0.5, 0.6) is 5.75 Å². The number of anilines is 3. The average molecular weight is 635 g/mol. The minimum Gasteiger partial charge on any atom is -0.494 e. The number of nitrogens with zero attached hydrogens (tertiary/aromatic N) is 3. The Morgan fingerprint density at radius 2 is 1.93 bits per heavy atom. The molecule has 248 valence electrons. The molecule has 0 aromatic heterocycles. The summed E-state index contributed by atoms with van der Waals surface area (Å²) in [7, 11) is 1.62. The predicted octanol–water partition coefficient (Wildman–Crippen LogP) is 2.77. The van der Waals surface area contributed by atoms with E-state index in [1.54, 1.807) is 54.1 Å². The van der Waals surface area contributed by atoms with Gasteiger partial charge in [-0.05, 0) is 87.5 Å². The summed E-state index contributed by atoms with van der Waals surface area (Å²) >= 11 is 0. The van der Waals surface area contributed by atoms with Crippen LogP contribution in [0, 0.1) is 5.92 Å². The van der Waals surface area contributed by atoms with E-state index in [1.165, 1.54) is 4.90 Å². The van der Waals surface area contributed by atoms with Crippen LogP contribution in [0.3, 0.4) is 0 Å². The molecule has 3 heterocycles. The lowest BCUT2D eigenvalue weighted by Gasteiger charge is -2.35. The van der Waals surface area contributed by atoms with Gasteiger partial charge in [-0.15, -0.1) is 0 Å². The van der Waals surface area contributed by atoms with Crippen molar-refractivity contribution in [3.63, 3.8) is 0 Å². The Balaban J connectivity index is 1.45. The van der Waals surface area contributed by atoms with E-state index in [-0.39, 0.29) is 37.5 Å². The van der Waals surface area contributed by atoms with E-state index in [4.69, 9.17) is 4.74 Å². The number of aliphatic hydroxyl groups is 3. The minimum atomic E-state index is -1.91. The Hall–Kier alpha value is -3.77. The molecule has 5 rings (SSSR count). The average Bonchev–Trinajstić information content (AvgIpc) is 3.61. The molecular weight excluding hydrogens is 588 g/mol. The summed E-state index contributed by atoms with van der Waals surface area (Å²) in [5.41, 5.74) is 1.18. The fraction of sp³-hybridized carbons (Fsp3) is 0.514. The molecule has 0 bridgehead atoms. The van der Waals surface area contributed by atoms with E-state index in [2.05, 4.69) is 5.32 Å². The monoisotopic (exact) mass is 634 g/mol. The lowest BCUT2D eigenvalue weighted by Crippen LogP contribution is -2.49. The van der Waals surface area contributed by atoms with Crippen LogP contribution in [0.2, 0.25) is 0 Å². The summed E-state index contributed by atoms with van der Waals surface area (Å²) in [6, 6.07) is 10.2. The van der Waals surface area contributed by atoms with Gasteiger partial charge in [-0.25, -0.2) is 0 Å². The number of benzene rings is 2. The molecule has 4 atom stereocenters. The van der Waals surface area contributed by atoms with Crippen LogP contribution >= 0.6 is 0 Å². The lowest BCUT2D eigenvalue weighted by molar-refractivity contribution is -0.139. The highest BCUT2D eigenvalue weighted by Gasteiger charge is 2.52. The third-order valence-electron chi connectivity index (χ3n) is 9.45. The summed E-state index contributed by atoms with van der Waals surface area (Å²) < 4.78 is 5.74. The van der Waals surface area contributed by atoms with Gasteiger partial charge in [0.25, 0.3) is 5.91 Å². The van der Waals surface area contributed by atoms with Gasteiger partial charge >= 0.3 is 0 Å². The van der Waals surface area contributed by atoms with Gasteiger partial charge in [0.2, 0.25) is 11.8 Å². The van der Waals surface area contributed by atoms with E-state index in [0.717, 1.165) is 24.8 Å². The zero-order chi connectivity index (χ0) is 33.0. The second kappa shape index (κ2) is 14.3. The van der Waals surface area contributed by atoms with Gasteiger partial charge in [0.15, 0.2) is 5.60 Å². The molecule has 0 saturated carbocycles. The third-order valence-corrected chi connectivity index (χ3v) is 9.45. The fourth-order valence-electron chi connectivity index (χ4n) is 6.89. The number of ether oxygens (including phenoxy) is 1. The van der Waals surface area contributed by atoms with Gasteiger partial charge in [0, 0.05) is 43.8 Å². The van der Waals surface area contributed by atoms with Gasteiger partial charge in [0.05, 0.1) is 36.7 Å². The smallest absolute Gasteiger partial charge is 0.264 e. The first-order valence-corrected chi connectivity index (χ1v) is 16.3. The molecule has 3 aliphatic rings. The Kier molecular flexibility index (Phi) is 10.5. The van der Waals surface area contributed by atoms with Crippen LogP contribution in [0.25, 0.3) is 0 Å². The first-order valence-electron chi connectivity index (χ1n) is 16.3. The molecule has 1 saturated heterocycles. The zero-order valence-corrected chi connectivity index (χ0v) is 26.9. The molecule has 1 unspecified atom stereocenters. The summed E-state index contributed by atoms with van der Waals surface area (Å²) in [4.78, 5) is 45.2. The molecule has 0 spiro atoms. The number of rotatable bonds is 13. The highest BCUT2D eigenvalue weighted by atomic mass is 16.5. The standard InChI is InChI=1S/C35H46N4O7/c1-4-46-27-13-15-30-24(19-27)20-29(36-16-5-6-18-40)33(43)39(30)25-12-14-31-28(21-25)35(45,34(44)37(31)3)23(2)9-7-11-32(42)38-17-8-10-26(38)22-41/h7,9,12-15,19,21,23,26,29,36,40-41,45H,4-6,8,10-11,16-18,20,22H2,1-3H3/b9-7+/t23-,26+,29?,35+/m1/s1. The van der Waals surface area contributed by atoms with Crippen molar-refractivity contribution in [1.82, 2.24) is 10.2 Å². The van der Waals surface area contributed by atoms with Gasteiger partial charge < -0.3 is 35.2 Å². The molecule has 3 aliphatic heterocycles. The number of carbonyl (C=O) groups is 3. The molecule has 11 nitrogen and oxygen atoms in total. The second-order valence-electron chi connectivity index (χ2n) is 12.4. The molecule has 11 heteroatoms. The van der Waals surface area contributed by atoms with E-state index in [0.29, 0.717) is 60.9 Å². The minimum absolute atomic E-state index is 0.0657. The molecule has 2 aromatic carbocycles. The summed E-state index contributed by atoms with van der Waals surface area (Å²) in [6.45, 7) is 5.37. The maximum atomic E-state index is 14.0. The molecule has 2 aromatic rings. The number of amides is 3. The van der Waals surface area contributed by atoms with Crippen molar-refractivity contribution in [2.45, 2.75) is 70.1 Å². The molecule has 0 aliphatic carbocycles. The Morgan fingerprint density at radius 3 is 2.67 bits per heavy atom. The number of hydrogen-bond acceptors (Lipinski definition) is 8. The molecule has 3 amide bonds. The van der Waals surface area contributed by atoms with Crippen molar-refractivity contribution in [2.24, 2.45) is 5.92 Å². The fourth-order valence-corrected chi connectivity index (χ4v) is 6.89. The van der Waals surface area contributed by atoms with E-state index in [1.807, 2.05) is 25.1 Å². The Labute approximate surface area is 270 Å². The highest BCUT2D eigenvalue weighted by Crippen LogP contribution is 2.47. The van der Waals surface area contributed by atoms with Crippen molar-refractivity contribution in [3.05, 3.63) is 59.7 Å². The molecule has 4 N–H and O–H groups in total. The number of fused-ring (bicyclic) bond motifs is 2. The normalized spacial score (nSPS) is 23.3. The van der Waals surface area contributed by atoms with Crippen LogP contribution in [-0.4, -0.2) is 90.0 Å². The van der Waals surface area contributed by atoms with Gasteiger partial charge in [-0.2, -0.15) is 0 Å². The SMILES string of the molecule is CCOc1ccc2c(c1)CC(NCCCCO)C(=O)N2c1ccc2c(c1)[C@@](O)([C@H](C)/C=C/CC(=O)N1CCC[C@H]1CO)C(=O)N2C. The van der Waals surface area contributed by atoms with E-state index in [9.17, 15) is 29.7 Å². The number of unbranched alkanes of at least 4 members (excludes halogenated alkanes) is 1. The van der Waals surface area contributed by atoms with Crippen LogP contribution in [0.15, 0.2) is 48.6 Å². The number of aliphatic hydroxyl groups excluding tert-OH is 2. The van der Waals surface area contributed by atoms with Crippen LogP contribution in [-0.2, 0) is 26.4 Å². The maximum Gasteiger partial charge on any atom is 0.264 e. The predicted molar refractivity (Wildman–Crippen MR) is 175 cm³/mol. The van der Waals surface area contributed by atoms with Crippen molar-refractivity contribution >= 4 is 34.8 Å². The van der Waals surface area contributed by atoms with E-state index >= 15 is 0 Å². The summed E-state index contributed by atoms with van der Waals surface area (Å²) in [5, 5.41) is 34.2. The second-order valence-corrected chi connectivity index (χ2v) is 12.4. The quantitative estimate of drug-likeness (QED) is 0.195. The van der Waals surface area contributed by atoms with Crippen LogP contribution < -0.4 is 19.9 Å². The summed E-state index contributed by atoms with van der Waals surface area (Å²) in [5.74, 6) is -0.716. The Bertz CT molecular complexity index is 1480.